The summed E-state index contributed by atoms with van der Waals surface area (Å²) in [4.78, 5) is 29.4. The number of carboxylic acid groups (broad SMARTS) is 1. The number of carboxylic acids is 1. The smallest absolute Gasteiger partial charge is 0.305 e. The van der Waals surface area contributed by atoms with Gasteiger partial charge in [0.2, 0.25) is 5.91 Å². The normalized spacial score (nSPS) is 16.7. The third-order valence-electron chi connectivity index (χ3n) is 4.34. The minimum Gasteiger partial charge on any atom is -0.489 e. The van der Waals surface area contributed by atoms with E-state index >= 15 is 0 Å². The lowest BCUT2D eigenvalue weighted by molar-refractivity contribution is -0.145. The van der Waals surface area contributed by atoms with E-state index in [4.69, 9.17) is 14.6 Å². The van der Waals surface area contributed by atoms with Crippen molar-refractivity contribution in [2.24, 2.45) is 0 Å². The number of amides is 1. The summed E-state index contributed by atoms with van der Waals surface area (Å²) >= 11 is 0. The molecule has 1 aromatic carbocycles. The Labute approximate surface area is 157 Å². The van der Waals surface area contributed by atoms with Gasteiger partial charge in [-0.15, -0.1) is 0 Å². The second-order valence-corrected chi connectivity index (χ2v) is 6.39. The van der Waals surface area contributed by atoms with Gasteiger partial charge >= 0.3 is 5.97 Å². The maximum atomic E-state index is 12.7. The Morgan fingerprint density at radius 2 is 2.11 bits per heavy atom. The van der Waals surface area contributed by atoms with Gasteiger partial charge in [-0.05, 0) is 23.8 Å². The lowest BCUT2D eigenvalue weighted by Crippen LogP contribution is -2.50. The second-order valence-electron chi connectivity index (χ2n) is 6.39. The SMILES string of the molecule is O=C(O)CC1COCCN1C(=O)Cc1cccc(OCc2cccnc2)c1. The molecular formula is C20H22N2O5. The van der Waals surface area contributed by atoms with Gasteiger partial charge in [0.05, 0.1) is 32.1 Å². The van der Waals surface area contributed by atoms with Gasteiger partial charge in [-0.2, -0.15) is 0 Å². The van der Waals surface area contributed by atoms with Crippen molar-refractivity contribution in [3.05, 3.63) is 59.9 Å². The maximum absolute atomic E-state index is 12.7. The van der Waals surface area contributed by atoms with Crippen LogP contribution in [-0.2, 0) is 27.4 Å². The number of morpholine rings is 1. The Morgan fingerprint density at radius 1 is 1.26 bits per heavy atom. The van der Waals surface area contributed by atoms with Crippen molar-refractivity contribution in [2.75, 3.05) is 19.8 Å². The van der Waals surface area contributed by atoms with Crippen LogP contribution >= 0.6 is 0 Å². The van der Waals surface area contributed by atoms with E-state index in [-0.39, 0.29) is 25.4 Å². The molecule has 2 heterocycles. The van der Waals surface area contributed by atoms with Crippen molar-refractivity contribution in [3.63, 3.8) is 0 Å². The summed E-state index contributed by atoms with van der Waals surface area (Å²) < 4.78 is 11.1. The van der Waals surface area contributed by atoms with Gasteiger partial charge in [-0.1, -0.05) is 18.2 Å². The maximum Gasteiger partial charge on any atom is 0.305 e. The number of ether oxygens (including phenoxy) is 2. The van der Waals surface area contributed by atoms with Gasteiger partial charge in [0.15, 0.2) is 0 Å². The first kappa shape index (κ1) is 18.8. The summed E-state index contributed by atoms with van der Waals surface area (Å²) in [7, 11) is 0. The van der Waals surface area contributed by atoms with E-state index < -0.39 is 12.0 Å². The summed E-state index contributed by atoms with van der Waals surface area (Å²) in [6.07, 6.45) is 3.54. The minimum absolute atomic E-state index is 0.103. The highest BCUT2D eigenvalue weighted by molar-refractivity contribution is 5.80. The third kappa shape index (κ3) is 5.52. The number of nitrogens with zero attached hydrogens (tertiary/aromatic N) is 2. The molecule has 7 heteroatoms. The van der Waals surface area contributed by atoms with Crippen molar-refractivity contribution >= 4 is 11.9 Å². The van der Waals surface area contributed by atoms with Crippen molar-refractivity contribution < 1.29 is 24.2 Å². The largest absolute Gasteiger partial charge is 0.489 e. The Balaban J connectivity index is 1.61. The van der Waals surface area contributed by atoms with Gasteiger partial charge in [-0.25, -0.2) is 0 Å². The molecule has 0 saturated carbocycles. The highest BCUT2D eigenvalue weighted by Crippen LogP contribution is 2.18. The van der Waals surface area contributed by atoms with Crippen LogP contribution in [-0.4, -0.2) is 52.7 Å². The lowest BCUT2D eigenvalue weighted by Gasteiger charge is -2.35. The van der Waals surface area contributed by atoms with E-state index in [1.807, 2.05) is 36.4 Å². The Morgan fingerprint density at radius 3 is 2.89 bits per heavy atom. The Hall–Kier alpha value is -2.93. The van der Waals surface area contributed by atoms with Crippen LogP contribution in [0.3, 0.4) is 0 Å². The van der Waals surface area contributed by atoms with Gasteiger partial charge in [0.1, 0.15) is 12.4 Å². The highest BCUT2D eigenvalue weighted by Gasteiger charge is 2.29. The van der Waals surface area contributed by atoms with Crippen LogP contribution in [0, 0.1) is 0 Å². The van der Waals surface area contributed by atoms with Crippen molar-refractivity contribution in [2.45, 2.75) is 25.5 Å². The van der Waals surface area contributed by atoms with E-state index in [9.17, 15) is 9.59 Å². The molecule has 0 radical (unpaired) electrons. The minimum atomic E-state index is -0.936. The summed E-state index contributed by atoms with van der Waals surface area (Å²) in [6, 6.07) is 10.7. The molecule has 27 heavy (non-hydrogen) atoms. The number of pyridine rings is 1. The van der Waals surface area contributed by atoms with Crippen LogP contribution in [0.1, 0.15) is 17.5 Å². The third-order valence-corrected chi connectivity index (χ3v) is 4.34. The molecule has 2 aromatic rings. The predicted molar refractivity (Wildman–Crippen MR) is 97.3 cm³/mol. The molecule has 1 aromatic heterocycles. The van der Waals surface area contributed by atoms with Gasteiger partial charge in [0, 0.05) is 24.5 Å². The number of rotatable bonds is 7. The molecule has 1 aliphatic rings. The van der Waals surface area contributed by atoms with Crippen LogP contribution in [0.2, 0.25) is 0 Å². The van der Waals surface area contributed by atoms with E-state index in [2.05, 4.69) is 4.98 Å². The molecule has 1 amide bonds. The molecule has 1 fully saturated rings. The molecule has 1 unspecified atom stereocenters. The summed E-state index contributed by atoms with van der Waals surface area (Å²) in [5, 5.41) is 9.03. The van der Waals surface area contributed by atoms with Crippen LogP contribution in [0.5, 0.6) is 5.75 Å². The fraction of sp³-hybridized carbons (Fsp3) is 0.350. The molecule has 7 nitrogen and oxygen atoms in total. The average Bonchev–Trinajstić information content (AvgIpc) is 2.67. The van der Waals surface area contributed by atoms with Crippen LogP contribution in [0.4, 0.5) is 0 Å². The monoisotopic (exact) mass is 370 g/mol. The molecule has 142 valence electrons. The van der Waals surface area contributed by atoms with Crippen molar-refractivity contribution in [1.82, 2.24) is 9.88 Å². The number of carbonyl (C=O) groups is 2. The molecular weight excluding hydrogens is 348 g/mol. The lowest BCUT2D eigenvalue weighted by atomic mass is 10.1. The molecule has 0 bridgehead atoms. The summed E-state index contributed by atoms with van der Waals surface area (Å²) in [5.41, 5.74) is 1.79. The zero-order valence-electron chi connectivity index (χ0n) is 14.9. The number of benzene rings is 1. The zero-order valence-corrected chi connectivity index (χ0v) is 14.9. The number of carbonyl (C=O) groups excluding carboxylic acids is 1. The quantitative estimate of drug-likeness (QED) is 0.801. The van der Waals surface area contributed by atoms with Gasteiger partial charge in [-0.3, -0.25) is 14.6 Å². The van der Waals surface area contributed by atoms with Gasteiger partial charge in [0.25, 0.3) is 0 Å². The van der Waals surface area contributed by atoms with Crippen molar-refractivity contribution in [3.8, 4) is 5.75 Å². The number of hydrogen-bond acceptors (Lipinski definition) is 5. The topological polar surface area (TPSA) is 89.0 Å². The van der Waals surface area contributed by atoms with Crippen LogP contribution in [0.25, 0.3) is 0 Å². The first-order valence-electron chi connectivity index (χ1n) is 8.81. The molecule has 1 atom stereocenters. The van der Waals surface area contributed by atoms with E-state index in [0.717, 1.165) is 11.1 Å². The van der Waals surface area contributed by atoms with E-state index in [0.29, 0.717) is 25.5 Å². The number of aromatic nitrogens is 1. The standard InChI is InChI=1S/C20H22N2O5/c23-19(22-7-8-26-14-17(22)11-20(24)25)10-15-3-1-5-18(9-15)27-13-16-4-2-6-21-12-16/h1-6,9,12,17H,7-8,10-11,13-14H2,(H,24,25). The number of hydrogen-bond donors (Lipinski definition) is 1. The fourth-order valence-electron chi connectivity index (χ4n) is 3.03. The first-order chi connectivity index (χ1) is 13.1. The van der Waals surface area contributed by atoms with Crippen molar-refractivity contribution in [1.29, 1.82) is 0 Å². The molecule has 1 saturated heterocycles. The summed E-state index contributed by atoms with van der Waals surface area (Å²) in [5.74, 6) is -0.365. The molecule has 0 spiro atoms. The average molecular weight is 370 g/mol. The molecule has 1 aliphatic heterocycles. The van der Waals surface area contributed by atoms with Gasteiger partial charge < -0.3 is 19.5 Å². The fourth-order valence-corrected chi connectivity index (χ4v) is 3.03. The Kier molecular flexibility index (Phi) is 6.38. The zero-order chi connectivity index (χ0) is 19.1. The molecule has 3 rings (SSSR count). The molecule has 0 aliphatic carbocycles. The number of aliphatic carboxylic acids is 1. The Bertz CT molecular complexity index is 781. The first-order valence-corrected chi connectivity index (χ1v) is 8.81. The highest BCUT2D eigenvalue weighted by atomic mass is 16.5. The predicted octanol–water partition coefficient (Wildman–Crippen LogP) is 1.91. The second kappa shape index (κ2) is 9.14. The van der Waals surface area contributed by atoms with Crippen LogP contribution < -0.4 is 4.74 Å². The van der Waals surface area contributed by atoms with E-state index in [1.165, 1.54) is 0 Å². The molecule has 1 N–H and O–H groups in total. The van der Waals surface area contributed by atoms with Crippen LogP contribution in [0.15, 0.2) is 48.8 Å². The van der Waals surface area contributed by atoms with E-state index in [1.54, 1.807) is 17.3 Å². The summed E-state index contributed by atoms with van der Waals surface area (Å²) in [6.45, 7) is 1.49.